The quantitative estimate of drug-likeness (QED) is 0.753. The van der Waals surface area contributed by atoms with Crippen LogP contribution in [0, 0.1) is 11.8 Å². The van der Waals surface area contributed by atoms with Crippen molar-refractivity contribution in [3.63, 3.8) is 0 Å². The maximum atomic E-state index is 12.9. The van der Waals surface area contributed by atoms with Gasteiger partial charge in [0.1, 0.15) is 0 Å². The van der Waals surface area contributed by atoms with E-state index in [1.807, 2.05) is 30.3 Å². The fourth-order valence-electron chi connectivity index (χ4n) is 3.55. The zero-order valence-electron chi connectivity index (χ0n) is 16.2. The Balaban J connectivity index is 1.61. The first-order valence-corrected chi connectivity index (χ1v) is 10.9. The molecule has 0 aliphatic carbocycles. The number of hydrogen-bond donors (Lipinski definition) is 1. The minimum absolute atomic E-state index is 0.204. The lowest BCUT2D eigenvalue weighted by Gasteiger charge is -2.34. The van der Waals surface area contributed by atoms with Crippen molar-refractivity contribution < 1.29 is 18.0 Å². The molecule has 7 heteroatoms. The Morgan fingerprint density at radius 1 is 1.04 bits per heavy atom. The van der Waals surface area contributed by atoms with Crippen LogP contribution in [-0.4, -0.2) is 31.7 Å². The van der Waals surface area contributed by atoms with E-state index in [0.29, 0.717) is 30.5 Å². The van der Waals surface area contributed by atoms with Gasteiger partial charge in [-0.3, -0.25) is 9.63 Å². The van der Waals surface area contributed by atoms with Gasteiger partial charge in [-0.2, -0.15) is 4.31 Å². The average molecular weight is 403 g/mol. The fraction of sp³-hybridized carbons (Fsp3) is 0.381. The van der Waals surface area contributed by atoms with Gasteiger partial charge in [-0.25, -0.2) is 13.9 Å². The molecule has 28 heavy (non-hydrogen) atoms. The minimum atomic E-state index is -3.55. The van der Waals surface area contributed by atoms with Gasteiger partial charge in [0.25, 0.3) is 5.91 Å². The first kappa shape index (κ1) is 20.5. The molecule has 1 aliphatic heterocycles. The van der Waals surface area contributed by atoms with E-state index in [2.05, 4.69) is 19.3 Å². The van der Waals surface area contributed by atoms with Crippen molar-refractivity contribution >= 4 is 15.9 Å². The van der Waals surface area contributed by atoms with E-state index in [4.69, 9.17) is 4.84 Å². The maximum absolute atomic E-state index is 12.9. The third kappa shape index (κ3) is 4.98. The van der Waals surface area contributed by atoms with Gasteiger partial charge in [0, 0.05) is 18.7 Å². The minimum Gasteiger partial charge on any atom is -0.269 e. The average Bonchev–Trinajstić information content (AvgIpc) is 2.68. The second kappa shape index (κ2) is 8.86. The predicted molar refractivity (Wildman–Crippen MR) is 107 cm³/mol. The second-order valence-electron chi connectivity index (χ2n) is 7.50. The van der Waals surface area contributed by atoms with E-state index < -0.39 is 15.9 Å². The molecule has 0 radical (unpaired) electrons. The van der Waals surface area contributed by atoms with E-state index in [0.717, 1.165) is 12.0 Å². The molecule has 0 bridgehead atoms. The summed E-state index contributed by atoms with van der Waals surface area (Å²) in [4.78, 5) is 17.6. The molecule has 0 spiro atoms. The van der Waals surface area contributed by atoms with Gasteiger partial charge in [-0.05, 0) is 48.1 Å². The molecule has 1 saturated heterocycles. The van der Waals surface area contributed by atoms with Crippen LogP contribution < -0.4 is 5.48 Å². The van der Waals surface area contributed by atoms with E-state index in [1.165, 1.54) is 24.3 Å². The number of nitrogens with one attached hydrogen (secondary N) is 1. The standard InChI is InChI=1S/C21H26N2O4S/c1-16-12-17(2)14-23(13-16)28(25,26)20-10-8-19(9-11-20)21(24)22-27-15-18-6-4-3-5-7-18/h3-11,16-17H,12-15H2,1-2H3,(H,22,24)/t16-,17-/m0/s1. The molecule has 0 unspecified atom stereocenters. The van der Waals surface area contributed by atoms with E-state index in [1.54, 1.807) is 4.31 Å². The Kier molecular flexibility index (Phi) is 6.49. The fourth-order valence-corrected chi connectivity index (χ4v) is 5.23. The van der Waals surface area contributed by atoms with E-state index in [9.17, 15) is 13.2 Å². The van der Waals surface area contributed by atoms with Crippen molar-refractivity contribution in [2.75, 3.05) is 13.1 Å². The topological polar surface area (TPSA) is 75.7 Å². The van der Waals surface area contributed by atoms with Gasteiger partial charge in [0.15, 0.2) is 0 Å². The highest BCUT2D eigenvalue weighted by molar-refractivity contribution is 7.89. The lowest BCUT2D eigenvalue weighted by molar-refractivity contribution is 0.0233. The first-order valence-electron chi connectivity index (χ1n) is 9.42. The Bertz CT molecular complexity index is 888. The summed E-state index contributed by atoms with van der Waals surface area (Å²) in [6, 6.07) is 15.4. The number of rotatable bonds is 6. The Hall–Kier alpha value is -2.22. The van der Waals surface area contributed by atoms with Crippen LogP contribution >= 0.6 is 0 Å². The largest absolute Gasteiger partial charge is 0.274 e. The number of carbonyl (C=O) groups excluding carboxylic acids is 1. The lowest BCUT2D eigenvalue weighted by Crippen LogP contribution is -2.42. The molecule has 1 fully saturated rings. The molecule has 1 N–H and O–H groups in total. The molecule has 1 heterocycles. The summed E-state index contributed by atoms with van der Waals surface area (Å²) >= 11 is 0. The highest BCUT2D eigenvalue weighted by Gasteiger charge is 2.31. The smallest absolute Gasteiger partial charge is 0.269 e. The van der Waals surface area contributed by atoms with Crippen LogP contribution in [0.1, 0.15) is 36.2 Å². The monoisotopic (exact) mass is 402 g/mol. The summed E-state index contributed by atoms with van der Waals surface area (Å²) in [5, 5.41) is 0. The summed E-state index contributed by atoms with van der Waals surface area (Å²) in [5.74, 6) is 0.260. The zero-order valence-corrected chi connectivity index (χ0v) is 17.0. The number of nitrogens with zero attached hydrogens (tertiary/aromatic N) is 1. The van der Waals surface area contributed by atoms with Crippen molar-refractivity contribution in [2.45, 2.75) is 31.8 Å². The highest BCUT2D eigenvalue weighted by Crippen LogP contribution is 2.26. The lowest BCUT2D eigenvalue weighted by atomic mass is 9.94. The number of piperidine rings is 1. The van der Waals surface area contributed by atoms with Crippen LogP contribution in [0.4, 0.5) is 0 Å². The van der Waals surface area contributed by atoms with Gasteiger partial charge in [0.2, 0.25) is 10.0 Å². The maximum Gasteiger partial charge on any atom is 0.274 e. The summed E-state index contributed by atoms with van der Waals surface area (Å²) in [5.41, 5.74) is 3.66. The van der Waals surface area contributed by atoms with Crippen LogP contribution in [0.2, 0.25) is 0 Å². The Morgan fingerprint density at radius 2 is 1.64 bits per heavy atom. The van der Waals surface area contributed by atoms with Crippen molar-refractivity contribution in [1.82, 2.24) is 9.79 Å². The Morgan fingerprint density at radius 3 is 2.25 bits per heavy atom. The molecular formula is C21H26N2O4S. The number of amides is 1. The molecule has 2 aromatic carbocycles. The van der Waals surface area contributed by atoms with Crippen molar-refractivity contribution in [2.24, 2.45) is 11.8 Å². The van der Waals surface area contributed by atoms with Gasteiger partial charge in [-0.15, -0.1) is 0 Å². The van der Waals surface area contributed by atoms with Crippen molar-refractivity contribution in [1.29, 1.82) is 0 Å². The van der Waals surface area contributed by atoms with Crippen LogP contribution in [0.15, 0.2) is 59.5 Å². The first-order chi connectivity index (χ1) is 13.4. The van der Waals surface area contributed by atoms with Gasteiger partial charge in [0.05, 0.1) is 11.5 Å². The SMILES string of the molecule is C[C@H]1C[C@H](C)CN(S(=O)(=O)c2ccc(C(=O)NOCc3ccccc3)cc2)C1. The third-order valence-electron chi connectivity index (χ3n) is 4.84. The number of benzene rings is 2. The molecular weight excluding hydrogens is 376 g/mol. The van der Waals surface area contributed by atoms with Crippen LogP contribution in [0.3, 0.4) is 0 Å². The normalized spacial score (nSPS) is 20.6. The molecule has 1 aliphatic rings. The van der Waals surface area contributed by atoms with Crippen LogP contribution in [0.5, 0.6) is 0 Å². The molecule has 6 nitrogen and oxygen atoms in total. The molecule has 2 atom stereocenters. The molecule has 0 aromatic heterocycles. The molecule has 2 aromatic rings. The predicted octanol–water partition coefficient (Wildman–Crippen LogP) is 3.21. The molecule has 150 valence electrons. The third-order valence-corrected chi connectivity index (χ3v) is 6.68. The van der Waals surface area contributed by atoms with Gasteiger partial charge < -0.3 is 0 Å². The van der Waals surface area contributed by atoms with Crippen LogP contribution in [0.25, 0.3) is 0 Å². The summed E-state index contributed by atoms with van der Waals surface area (Å²) in [7, 11) is -3.55. The summed E-state index contributed by atoms with van der Waals surface area (Å²) < 4.78 is 27.3. The molecule has 3 rings (SSSR count). The van der Waals surface area contributed by atoms with Gasteiger partial charge in [-0.1, -0.05) is 44.2 Å². The highest BCUT2D eigenvalue weighted by atomic mass is 32.2. The van der Waals surface area contributed by atoms with E-state index >= 15 is 0 Å². The number of hydrogen-bond acceptors (Lipinski definition) is 4. The number of hydroxylamine groups is 1. The second-order valence-corrected chi connectivity index (χ2v) is 9.44. The zero-order chi connectivity index (χ0) is 20.1. The van der Waals surface area contributed by atoms with Crippen LogP contribution in [-0.2, 0) is 21.5 Å². The summed E-state index contributed by atoms with van der Waals surface area (Å²) in [6.07, 6.45) is 1.04. The number of carbonyl (C=O) groups is 1. The molecule has 0 saturated carbocycles. The van der Waals surface area contributed by atoms with Gasteiger partial charge >= 0.3 is 0 Å². The molecule has 1 amide bonds. The Labute approximate surface area is 166 Å². The summed E-state index contributed by atoms with van der Waals surface area (Å²) in [6.45, 7) is 5.46. The van der Waals surface area contributed by atoms with E-state index in [-0.39, 0.29) is 11.5 Å². The van der Waals surface area contributed by atoms with Crippen molar-refractivity contribution in [3.05, 3.63) is 65.7 Å². The number of sulfonamides is 1. The van der Waals surface area contributed by atoms with Crippen molar-refractivity contribution in [3.8, 4) is 0 Å².